The number of hydrogen-bond donors (Lipinski definition) is 0. The number of hydrogen-bond acceptors (Lipinski definition) is 2. The van der Waals surface area contributed by atoms with Gasteiger partial charge in [-0.15, -0.1) is 0 Å². The first-order valence-electron chi connectivity index (χ1n) is 6.15. The van der Waals surface area contributed by atoms with E-state index in [2.05, 4.69) is 65.7 Å². The number of halogens is 2. The van der Waals surface area contributed by atoms with Gasteiger partial charge >= 0.3 is 0 Å². The molecule has 2 aromatic rings. The zero-order valence-electron chi connectivity index (χ0n) is 9.89. The fourth-order valence-electron chi connectivity index (χ4n) is 2.45. The lowest BCUT2D eigenvalue weighted by Gasteiger charge is -2.08. The molecule has 1 aliphatic carbocycles. The molecule has 2 heterocycles. The van der Waals surface area contributed by atoms with Crippen LogP contribution in [0, 0.1) is 3.70 Å². The maximum atomic E-state index is 4.66. The second-order valence-electron chi connectivity index (χ2n) is 4.69. The second-order valence-corrected chi connectivity index (χ2v) is 6.57. The Morgan fingerprint density at radius 1 is 1.33 bits per heavy atom. The molecule has 96 valence electrons. The first-order valence-corrected chi connectivity index (χ1v) is 8.02. The van der Waals surface area contributed by atoms with Crippen LogP contribution in [0.2, 0.25) is 0 Å². The summed E-state index contributed by atoms with van der Waals surface area (Å²) in [6, 6.07) is 2.71. The highest BCUT2D eigenvalue weighted by Crippen LogP contribution is 2.28. The van der Waals surface area contributed by atoms with Gasteiger partial charge in [0, 0.05) is 12.4 Å². The topological polar surface area (TPSA) is 35.6 Å². The monoisotopic (exact) mass is 420 g/mol. The molecule has 4 nitrogen and oxygen atoms in total. The van der Waals surface area contributed by atoms with Crippen molar-refractivity contribution in [3.8, 4) is 0 Å². The van der Waals surface area contributed by atoms with Gasteiger partial charge in [0.15, 0.2) is 0 Å². The second kappa shape index (κ2) is 5.32. The first-order chi connectivity index (χ1) is 8.72. The lowest BCUT2D eigenvalue weighted by molar-refractivity contribution is 0.460. The molecule has 1 saturated carbocycles. The molecule has 0 aliphatic heterocycles. The van der Waals surface area contributed by atoms with Crippen LogP contribution >= 0.6 is 38.5 Å². The summed E-state index contributed by atoms with van der Waals surface area (Å²) in [4.78, 5) is 0. The molecule has 0 saturated heterocycles. The van der Waals surface area contributed by atoms with E-state index in [0.29, 0.717) is 6.04 Å². The lowest BCUT2D eigenvalue weighted by Crippen LogP contribution is -2.07. The molecule has 0 unspecified atom stereocenters. The summed E-state index contributed by atoms with van der Waals surface area (Å²) in [6.45, 7) is 0.737. The predicted octanol–water partition coefficient (Wildman–Crippen LogP) is 3.61. The Balaban J connectivity index is 1.73. The van der Waals surface area contributed by atoms with Crippen molar-refractivity contribution >= 4 is 38.5 Å². The van der Waals surface area contributed by atoms with Crippen LogP contribution in [0.25, 0.3) is 0 Å². The summed E-state index contributed by atoms with van der Waals surface area (Å²) in [6.07, 6.45) is 9.32. The minimum atomic E-state index is 0.614. The van der Waals surface area contributed by atoms with Gasteiger partial charge in [-0.05, 0) is 57.4 Å². The fraction of sp³-hybridized carbons (Fsp3) is 0.500. The standard InChI is InChI=1S/C12H14BrIN4/c13-11-8-17(16-12(11)14)7-9-5-6-18(15-9)10-3-1-2-4-10/h5-6,8,10H,1-4,7H2. The van der Waals surface area contributed by atoms with Crippen LogP contribution in [-0.2, 0) is 6.54 Å². The predicted molar refractivity (Wildman–Crippen MR) is 81.5 cm³/mol. The van der Waals surface area contributed by atoms with E-state index in [1.807, 2.05) is 10.9 Å². The molecule has 1 aliphatic rings. The van der Waals surface area contributed by atoms with E-state index in [1.165, 1.54) is 25.7 Å². The molecule has 1 fully saturated rings. The summed E-state index contributed by atoms with van der Waals surface area (Å²) < 4.78 is 6.08. The molecule has 0 bridgehead atoms. The Hall–Kier alpha value is -0.370. The minimum absolute atomic E-state index is 0.614. The van der Waals surface area contributed by atoms with E-state index in [4.69, 9.17) is 0 Å². The smallest absolute Gasteiger partial charge is 0.137 e. The van der Waals surface area contributed by atoms with Gasteiger partial charge in [0.1, 0.15) is 3.70 Å². The highest BCUT2D eigenvalue weighted by Gasteiger charge is 2.17. The highest BCUT2D eigenvalue weighted by atomic mass is 127. The first kappa shape index (κ1) is 12.7. The minimum Gasteiger partial charge on any atom is -0.269 e. The molecule has 18 heavy (non-hydrogen) atoms. The van der Waals surface area contributed by atoms with E-state index >= 15 is 0 Å². The van der Waals surface area contributed by atoms with Gasteiger partial charge in [-0.3, -0.25) is 9.36 Å². The third kappa shape index (κ3) is 2.64. The third-order valence-electron chi connectivity index (χ3n) is 3.36. The van der Waals surface area contributed by atoms with E-state index in [-0.39, 0.29) is 0 Å². The maximum absolute atomic E-state index is 4.66. The van der Waals surface area contributed by atoms with Crippen molar-refractivity contribution in [1.29, 1.82) is 0 Å². The summed E-state index contributed by atoms with van der Waals surface area (Å²) in [5, 5.41) is 9.08. The van der Waals surface area contributed by atoms with Crippen molar-refractivity contribution in [2.24, 2.45) is 0 Å². The van der Waals surface area contributed by atoms with Gasteiger partial charge in [0.2, 0.25) is 0 Å². The number of rotatable bonds is 3. The molecular formula is C12H14BrIN4. The summed E-state index contributed by atoms with van der Waals surface area (Å²) in [7, 11) is 0. The molecule has 0 spiro atoms. The van der Waals surface area contributed by atoms with Gasteiger partial charge in [0.25, 0.3) is 0 Å². The zero-order chi connectivity index (χ0) is 12.5. The van der Waals surface area contributed by atoms with Crippen LogP contribution in [0.4, 0.5) is 0 Å². The Kier molecular flexibility index (Phi) is 3.74. The van der Waals surface area contributed by atoms with Crippen LogP contribution in [-0.4, -0.2) is 19.6 Å². The van der Waals surface area contributed by atoms with Crippen molar-refractivity contribution in [1.82, 2.24) is 19.6 Å². The van der Waals surface area contributed by atoms with E-state index in [1.54, 1.807) is 0 Å². The normalized spacial score (nSPS) is 16.6. The van der Waals surface area contributed by atoms with Crippen molar-refractivity contribution in [2.45, 2.75) is 38.3 Å². The molecule has 0 N–H and O–H groups in total. The number of nitrogens with zero attached hydrogens (tertiary/aromatic N) is 4. The Morgan fingerprint density at radius 2 is 2.11 bits per heavy atom. The Bertz CT molecular complexity index is 523. The van der Waals surface area contributed by atoms with Gasteiger partial charge in [-0.1, -0.05) is 12.8 Å². The van der Waals surface area contributed by atoms with Crippen LogP contribution in [0.15, 0.2) is 22.9 Å². The average molecular weight is 421 g/mol. The average Bonchev–Trinajstić information content (AvgIpc) is 3.02. The quantitative estimate of drug-likeness (QED) is 0.711. The van der Waals surface area contributed by atoms with Crippen molar-refractivity contribution < 1.29 is 0 Å². The Labute approximate surface area is 128 Å². The Morgan fingerprint density at radius 3 is 2.78 bits per heavy atom. The largest absolute Gasteiger partial charge is 0.269 e. The summed E-state index contributed by atoms with van der Waals surface area (Å²) in [5.41, 5.74) is 1.08. The molecule has 6 heteroatoms. The van der Waals surface area contributed by atoms with E-state index in [9.17, 15) is 0 Å². The zero-order valence-corrected chi connectivity index (χ0v) is 13.6. The van der Waals surface area contributed by atoms with Crippen molar-refractivity contribution in [3.05, 3.63) is 32.3 Å². The van der Waals surface area contributed by atoms with E-state index in [0.717, 1.165) is 20.4 Å². The van der Waals surface area contributed by atoms with Gasteiger partial charge < -0.3 is 0 Å². The SMILES string of the molecule is Brc1cn(Cc2ccn(C3CCCC3)n2)nc1I. The molecule has 2 aromatic heterocycles. The molecule has 0 atom stereocenters. The van der Waals surface area contributed by atoms with Crippen molar-refractivity contribution in [3.63, 3.8) is 0 Å². The number of aromatic nitrogens is 4. The molecule has 0 amide bonds. The molecule has 3 rings (SSSR count). The molecule has 0 radical (unpaired) electrons. The van der Waals surface area contributed by atoms with Crippen LogP contribution in [0.5, 0.6) is 0 Å². The van der Waals surface area contributed by atoms with Gasteiger partial charge in [-0.2, -0.15) is 10.2 Å². The van der Waals surface area contributed by atoms with Gasteiger partial charge in [0.05, 0.1) is 22.8 Å². The van der Waals surface area contributed by atoms with Crippen LogP contribution in [0.3, 0.4) is 0 Å². The summed E-state index contributed by atoms with van der Waals surface area (Å²) in [5.74, 6) is 0. The third-order valence-corrected chi connectivity index (χ3v) is 5.48. The summed E-state index contributed by atoms with van der Waals surface area (Å²) >= 11 is 5.69. The van der Waals surface area contributed by atoms with Crippen LogP contribution in [0.1, 0.15) is 37.4 Å². The maximum Gasteiger partial charge on any atom is 0.137 e. The van der Waals surface area contributed by atoms with Crippen molar-refractivity contribution in [2.75, 3.05) is 0 Å². The molecule has 0 aromatic carbocycles. The van der Waals surface area contributed by atoms with E-state index < -0.39 is 0 Å². The molecular weight excluding hydrogens is 407 g/mol. The lowest BCUT2D eigenvalue weighted by atomic mass is 10.3. The van der Waals surface area contributed by atoms with Crippen LogP contribution < -0.4 is 0 Å². The highest BCUT2D eigenvalue weighted by molar-refractivity contribution is 14.1. The fourth-order valence-corrected chi connectivity index (χ4v) is 3.19. The van der Waals surface area contributed by atoms with Gasteiger partial charge in [-0.25, -0.2) is 0 Å².